The molecular formula is C19H20N6O2. The molecule has 1 aliphatic heterocycles. The lowest BCUT2D eigenvalue weighted by Gasteiger charge is -2.35. The summed E-state index contributed by atoms with van der Waals surface area (Å²) in [5.41, 5.74) is 1.39. The molecule has 0 radical (unpaired) electrons. The van der Waals surface area contributed by atoms with Crippen molar-refractivity contribution >= 4 is 23.3 Å². The number of nitriles is 1. The second-order valence-corrected chi connectivity index (χ2v) is 6.29. The molecule has 0 unspecified atom stereocenters. The predicted octanol–water partition coefficient (Wildman–Crippen LogP) is 1.58. The number of aromatic nitrogens is 2. The molecule has 2 amide bonds. The van der Waals surface area contributed by atoms with Crippen LogP contribution in [-0.4, -0.2) is 52.9 Å². The van der Waals surface area contributed by atoms with Crippen molar-refractivity contribution in [3.8, 4) is 6.07 Å². The van der Waals surface area contributed by atoms with Crippen LogP contribution in [-0.2, 0) is 4.79 Å². The molecule has 8 nitrogen and oxygen atoms in total. The van der Waals surface area contributed by atoms with Gasteiger partial charge in [-0.15, -0.1) is 0 Å². The predicted molar refractivity (Wildman–Crippen MR) is 100 cm³/mol. The highest BCUT2D eigenvalue weighted by Crippen LogP contribution is 2.17. The molecular weight excluding hydrogens is 344 g/mol. The van der Waals surface area contributed by atoms with Gasteiger partial charge in [-0.3, -0.25) is 9.59 Å². The summed E-state index contributed by atoms with van der Waals surface area (Å²) in [7, 11) is 0. The molecule has 8 heteroatoms. The Hall–Kier alpha value is -3.47. The van der Waals surface area contributed by atoms with Gasteiger partial charge in [-0.25, -0.2) is 9.97 Å². The number of hydrogen-bond acceptors (Lipinski definition) is 6. The molecule has 1 saturated heterocycles. The SMILES string of the molecule is CC(=O)N1CCN(c2cc(C(=O)Nc3ccc(C#N)cc3)nc(C)n2)CC1. The van der Waals surface area contributed by atoms with Crippen molar-refractivity contribution in [3.05, 3.63) is 47.4 Å². The molecule has 1 aromatic carbocycles. The normalized spacial score (nSPS) is 13.8. The largest absolute Gasteiger partial charge is 0.353 e. The molecule has 2 heterocycles. The summed E-state index contributed by atoms with van der Waals surface area (Å²) in [5, 5.41) is 11.6. The quantitative estimate of drug-likeness (QED) is 0.887. The van der Waals surface area contributed by atoms with Gasteiger partial charge in [0.1, 0.15) is 17.3 Å². The maximum atomic E-state index is 12.6. The average molecular weight is 364 g/mol. The Bertz CT molecular complexity index is 895. The fourth-order valence-electron chi connectivity index (χ4n) is 2.90. The molecule has 1 aliphatic rings. The van der Waals surface area contributed by atoms with Crippen LogP contribution in [0.1, 0.15) is 28.8 Å². The standard InChI is InChI=1S/C19H20N6O2/c1-13-21-17(19(27)23-16-5-3-15(12-20)4-6-16)11-18(22-13)25-9-7-24(8-10-25)14(2)26/h3-6,11H,7-10H2,1-2H3,(H,23,27). The Balaban J connectivity index is 1.73. The fraction of sp³-hybridized carbons (Fsp3) is 0.316. The van der Waals surface area contributed by atoms with Crippen LogP contribution in [0.5, 0.6) is 0 Å². The highest BCUT2D eigenvalue weighted by molar-refractivity contribution is 6.03. The molecule has 0 spiro atoms. The van der Waals surface area contributed by atoms with Crippen molar-refractivity contribution in [2.75, 3.05) is 36.4 Å². The van der Waals surface area contributed by atoms with Crippen LogP contribution >= 0.6 is 0 Å². The number of hydrogen-bond donors (Lipinski definition) is 1. The number of nitrogens with zero attached hydrogens (tertiary/aromatic N) is 5. The molecule has 27 heavy (non-hydrogen) atoms. The zero-order chi connectivity index (χ0) is 19.4. The highest BCUT2D eigenvalue weighted by Gasteiger charge is 2.21. The van der Waals surface area contributed by atoms with E-state index in [-0.39, 0.29) is 17.5 Å². The number of carbonyl (C=O) groups is 2. The van der Waals surface area contributed by atoms with Gasteiger partial charge in [-0.1, -0.05) is 0 Å². The van der Waals surface area contributed by atoms with Crippen LogP contribution in [0.15, 0.2) is 30.3 Å². The van der Waals surface area contributed by atoms with Gasteiger partial charge in [0.05, 0.1) is 11.6 Å². The van der Waals surface area contributed by atoms with Crippen LogP contribution in [0.2, 0.25) is 0 Å². The Morgan fingerprint density at radius 2 is 1.78 bits per heavy atom. The summed E-state index contributed by atoms with van der Waals surface area (Å²) < 4.78 is 0. The van der Waals surface area contributed by atoms with E-state index in [4.69, 9.17) is 5.26 Å². The van der Waals surface area contributed by atoms with Gasteiger partial charge in [0.15, 0.2) is 0 Å². The van der Waals surface area contributed by atoms with Crippen molar-refractivity contribution in [2.24, 2.45) is 0 Å². The Morgan fingerprint density at radius 3 is 2.37 bits per heavy atom. The number of anilines is 2. The third-order valence-electron chi connectivity index (χ3n) is 4.38. The van der Waals surface area contributed by atoms with E-state index in [1.54, 1.807) is 49.1 Å². The summed E-state index contributed by atoms with van der Waals surface area (Å²) in [6, 6.07) is 10.3. The van der Waals surface area contributed by atoms with Crippen LogP contribution < -0.4 is 10.2 Å². The zero-order valence-corrected chi connectivity index (χ0v) is 15.3. The lowest BCUT2D eigenvalue weighted by Crippen LogP contribution is -2.48. The van der Waals surface area contributed by atoms with Crippen LogP contribution in [0.4, 0.5) is 11.5 Å². The van der Waals surface area contributed by atoms with E-state index in [9.17, 15) is 9.59 Å². The molecule has 1 fully saturated rings. The first kappa shape index (κ1) is 18.3. The van der Waals surface area contributed by atoms with Gasteiger partial charge < -0.3 is 15.1 Å². The van der Waals surface area contributed by atoms with Gasteiger partial charge in [0.25, 0.3) is 5.91 Å². The van der Waals surface area contributed by atoms with E-state index in [2.05, 4.69) is 15.3 Å². The topological polar surface area (TPSA) is 102 Å². The number of aryl methyl sites for hydroxylation is 1. The fourth-order valence-corrected chi connectivity index (χ4v) is 2.90. The Kier molecular flexibility index (Phi) is 5.31. The number of benzene rings is 1. The lowest BCUT2D eigenvalue weighted by atomic mass is 10.2. The molecule has 138 valence electrons. The van der Waals surface area contributed by atoms with E-state index < -0.39 is 0 Å². The molecule has 0 bridgehead atoms. The number of rotatable bonds is 3. The first-order chi connectivity index (χ1) is 13.0. The van der Waals surface area contributed by atoms with E-state index >= 15 is 0 Å². The van der Waals surface area contributed by atoms with E-state index in [0.29, 0.717) is 49.1 Å². The van der Waals surface area contributed by atoms with Crippen molar-refractivity contribution in [2.45, 2.75) is 13.8 Å². The summed E-state index contributed by atoms with van der Waals surface area (Å²) in [6.07, 6.45) is 0. The van der Waals surface area contributed by atoms with E-state index in [1.807, 2.05) is 11.0 Å². The van der Waals surface area contributed by atoms with Gasteiger partial charge in [-0.2, -0.15) is 5.26 Å². The third kappa shape index (κ3) is 4.39. The van der Waals surface area contributed by atoms with Crippen LogP contribution in [0, 0.1) is 18.3 Å². The second-order valence-electron chi connectivity index (χ2n) is 6.29. The van der Waals surface area contributed by atoms with Crippen molar-refractivity contribution in [1.82, 2.24) is 14.9 Å². The van der Waals surface area contributed by atoms with Crippen LogP contribution in [0.3, 0.4) is 0 Å². The minimum absolute atomic E-state index is 0.0657. The zero-order valence-electron chi connectivity index (χ0n) is 15.3. The number of nitrogens with one attached hydrogen (secondary N) is 1. The van der Waals surface area contributed by atoms with Crippen molar-refractivity contribution in [1.29, 1.82) is 5.26 Å². The number of carbonyl (C=O) groups excluding carboxylic acids is 2. The van der Waals surface area contributed by atoms with Gasteiger partial charge >= 0.3 is 0 Å². The Labute approximate surface area is 157 Å². The van der Waals surface area contributed by atoms with E-state index in [0.717, 1.165) is 0 Å². The van der Waals surface area contributed by atoms with Crippen molar-refractivity contribution in [3.63, 3.8) is 0 Å². The summed E-state index contributed by atoms with van der Waals surface area (Å²) in [6.45, 7) is 5.89. The summed E-state index contributed by atoms with van der Waals surface area (Å²) >= 11 is 0. The number of amides is 2. The second kappa shape index (κ2) is 7.83. The van der Waals surface area contributed by atoms with Gasteiger partial charge in [-0.05, 0) is 31.2 Å². The molecule has 1 N–H and O–H groups in total. The molecule has 2 aromatic rings. The Morgan fingerprint density at radius 1 is 1.11 bits per heavy atom. The first-order valence-electron chi connectivity index (χ1n) is 8.64. The molecule has 3 rings (SSSR count). The van der Waals surface area contributed by atoms with Gasteiger partial charge in [0.2, 0.25) is 5.91 Å². The monoisotopic (exact) mass is 364 g/mol. The smallest absolute Gasteiger partial charge is 0.274 e. The highest BCUT2D eigenvalue weighted by atomic mass is 16.2. The maximum Gasteiger partial charge on any atom is 0.274 e. The summed E-state index contributed by atoms with van der Waals surface area (Å²) in [4.78, 5) is 36.5. The molecule has 1 aromatic heterocycles. The summed E-state index contributed by atoms with van der Waals surface area (Å²) in [5.74, 6) is 0.909. The molecule has 0 saturated carbocycles. The van der Waals surface area contributed by atoms with E-state index in [1.165, 1.54) is 0 Å². The minimum atomic E-state index is -0.339. The lowest BCUT2D eigenvalue weighted by molar-refractivity contribution is -0.129. The minimum Gasteiger partial charge on any atom is -0.353 e. The third-order valence-corrected chi connectivity index (χ3v) is 4.38. The molecule has 0 atom stereocenters. The maximum absolute atomic E-state index is 12.6. The number of piperazine rings is 1. The average Bonchev–Trinajstić information content (AvgIpc) is 2.68. The van der Waals surface area contributed by atoms with Crippen LogP contribution in [0.25, 0.3) is 0 Å². The van der Waals surface area contributed by atoms with Gasteiger partial charge in [0, 0.05) is 44.9 Å². The molecule has 0 aliphatic carbocycles. The first-order valence-corrected chi connectivity index (χ1v) is 8.64. The van der Waals surface area contributed by atoms with Crippen molar-refractivity contribution < 1.29 is 9.59 Å².